The Morgan fingerprint density at radius 3 is 1.18 bits per heavy atom. The first-order valence-electron chi connectivity index (χ1n) is 13.2. The summed E-state index contributed by atoms with van der Waals surface area (Å²) in [5, 5.41) is 41.9. The lowest BCUT2D eigenvalue weighted by atomic mass is 10.1. The molecule has 3 aromatic heterocycles. The highest BCUT2D eigenvalue weighted by molar-refractivity contribution is 6.01. The molecule has 40 heavy (non-hydrogen) atoms. The van der Waals surface area contributed by atoms with Crippen LogP contribution in [0.3, 0.4) is 0 Å². The van der Waals surface area contributed by atoms with E-state index in [1.807, 2.05) is 66.7 Å². The fourth-order valence-electron chi connectivity index (χ4n) is 5.04. The molecule has 3 aromatic carbocycles. The predicted molar refractivity (Wildman–Crippen MR) is 152 cm³/mol. The Labute approximate surface area is 230 Å². The molecule has 10 heteroatoms. The van der Waals surface area contributed by atoms with Gasteiger partial charge in [0.15, 0.2) is 5.54 Å². The molecule has 0 spiro atoms. The zero-order valence-corrected chi connectivity index (χ0v) is 24.2. The van der Waals surface area contributed by atoms with E-state index in [2.05, 4.69) is 0 Å². The van der Waals surface area contributed by atoms with Gasteiger partial charge < -0.3 is 18.5 Å². The molecular weight excluding hydrogens is 512 g/mol. The summed E-state index contributed by atoms with van der Waals surface area (Å²) in [6, 6.07) is 10.1. The molecule has 10 nitrogen and oxygen atoms in total. The van der Waals surface area contributed by atoms with E-state index >= 15 is 0 Å². The summed E-state index contributed by atoms with van der Waals surface area (Å²) < 4.78 is 22.0. The highest BCUT2D eigenvalue weighted by Crippen LogP contribution is 2.37. The fraction of sp³-hybridized carbons (Fsp3) is 0.400. The van der Waals surface area contributed by atoms with Crippen LogP contribution in [0.5, 0.6) is 0 Å². The number of hydroxylamine groups is 3. The minimum atomic E-state index is -0.717. The van der Waals surface area contributed by atoms with Gasteiger partial charge in [-0.05, 0) is 41.5 Å². The van der Waals surface area contributed by atoms with E-state index in [0.717, 1.165) is 14.9 Å². The molecule has 0 unspecified atom stereocenters. The second kappa shape index (κ2) is 8.02. The lowest BCUT2D eigenvalue weighted by Crippen LogP contribution is -2.40. The third kappa shape index (κ3) is 3.85. The van der Waals surface area contributed by atoms with Crippen molar-refractivity contribution in [2.75, 3.05) is 10.1 Å². The van der Waals surface area contributed by atoms with Crippen molar-refractivity contribution in [3.8, 4) is 0 Å². The number of benzene rings is 3. The zero-order valence-electron chi connectivity index (χ0n) is 24.2. The number of hydrogen-bond acceptors (Lipinski definition) is 6. The monoisotopic (exact) mass is 545 g/mol. The zero-order chi connectivity index (χ0) is 29.1. The van der Waals surface area contributed by atoms with Crippen LogP contribution in [0.1, 0.15) is 62.3 Å². The Balaban J connectivity index is 1.85. The summed E-state index contributed by atoms with van der Waals surface area (Å²) in [5.41, 5.74) is 2.84. The van der Waals surface area contributed by atoms with Crippen LogP contribution in [0.2, 0.25) is 0 Å². The van der Waals surface area contributed by atoms with Crippen molar-refractivity contribution in [1.82, 2.24) is 4.74 Å². The fourth-order valence-corrected chi connectivity index (χ4v) is 5.04. The van der Waals surface area contributed by atoms with Crippen molar-refractivity contribution in [2.24, 2.45) is 0 Å². The Hall–Kier alpha value is -4.02. The maximum atomic E-state index is 13.3. The topological polar surface area (TPSA) is 116 Å². The lowest BCUT2D eigenvalue weighted by Gasteiger charge is -2.29. The Kier molecular flexibility index (Phi) is 5.25. The number of rotatable bonds is 2. The van der Waals surface area contributed by atoms with Crippen LogP contribution in [-0.2, 0) is 10.4 Å². The van der Waals surface area contributed by atoms with Gasteiger partial charge in [-0.2, -0.15) is 0 Å². The van der Waals surface area contributed by atoms with Crippen LogP contribution < -0.4 is 24.6 Å². The van der Waals surface area contributed by atoms with Crippen molar-refractivity contribution < 1.29 is 28.1 Å². The number of nitrogens with zero attached hydrogens (tertiary/aromatic N) is 4. The average molecular weight is 546 g/mol. The van der Waals surface area contributed by atoms with Crippen molar-refractivity contribution in [2.45, 2.75) is 78.9 Å². The molecule has 0 aliphatic rings. The molecule has 0 saturated carbocycles. The molecule has 2 radical (unpaired) electrons. The maximum Gasteiger partial charge on any atom is 0.298 e. The largest absolute Gasteiger partial charge is 0.623 e. The van der Waals surface area contributed by atoms with Gasteiger partial charge in [-0.25, -0.2) is 14.9 Å². The quantitative estimate of drug-likeness (QED) is 0.110. The van der Waals surface area contributed by atoms with Crippen LogP contribution >= 0.6 is 0 Å². The first-order valence-corrected chi connectivity index (χ1v) is 13.2. The summed E-state index contributed by atoms with van der Waals surface area (Å²) in [4.78, 5) is 0. The third-order valence-corrected chi connectivity index (χ3v) is 6.94. The van der Waals surface area contributed by atoms with E-state index in [9.17, 15) is 15.6 Å². The van der Waals surface area contributed by atoms with E-state index in [0.29, 0.717) is 66.8 Å². The smallest absolute Gasteiger partial charge is 0.298 e. The summed E-state index contributed by atoms with van der Waals surface area (Å²) >= 11 is 0. The van der Waals surface area contributed by atoms with Gasteiger partial charge in [0, 0.05) is 45.0 Å². The molecule has 208 valence electrons. The van der Waals surface area contributed by atoms with E-state index in [4.69, 9.17) is 13.3 Å². The number of hydrogen-bond donors (Lipinski definition) is 0. The van der Waals surface area contributed by atoms with E-state index in [1.165, 1.54) is 0 Å². The molecule has 0 saturated heterocycles. The van der Waals surface area contributed by atoms with E-state index in [-0.39, 0.29) is 0 Å². The second-order valence-electron chi connectivity index (χ2n) is 13.4. The highest BCUT2D eigenvalue weighted by atomic mass is 16.5. The molecule has 0 atom stereocenters. The Bertz CT molecular complexity index is 1890. The predicted octanol–water partition coefficient (Wildman–Crippen LogP) is 6.22. The standard InChI is InChI=1S/C30H33N4O6/c1-28(2,3)32(35)16-10-19-25-20(11-16)39-22-13-18(34(37)30(7,8)9)15-24-27(22)31(25)26-21(38-19)12-17(14-23(26)40-24)33(36)29(4,5)6/h10-15H,1-9H3/q+1. The first kappa shape index (κ1) is 26.2. The Morgan fingerprint density at radius 1 is 0.600 bits per heavy atom. The number of anilines is 2. The van der Waals surface area contributed by atoms with Gasteiger partial charge in [0.05, 0.1) is 34.6 Å². The lowest BCUT2D eigenvalue weighted by molar-refractivity contribution is -0.450. The SMILES string of the molecule is CC(C)(C)N([O])c1cc2oc3cc(N([O])C(C)(C)C)cc4oc5cc(=[N+]([O-])C(C)(C)C)cc6oc(c1)c2[n+](c34)c65. The van der Waals surface area contributed by atoms with Crippen molar-refractivity contribution >= 4 is 61.4 Å². The molecule has 0 fully saturated rings. The molecular formula is C30H33N4O6+. The minimum absolute atomic E-state index is 0.356. The van der Waals surface area contributed by atoms with Gasteiger partial charge in [-0.15, -0.1) is 4.40 Å². The van der Waals surface area contributed by atoms with Crippen LogP contribution in [0, 0.1) is 5.21 Å². The summed E-state index contributed by atoms with van der Waals surface area (Å²) in [6.07, 6.45) is 0. The molecule has 0 N–H and O–H groups in total. The van der Waals surface area contributed by atoms with Gasteiger partial charge >= 0.3 is 0 Å². The molecule has 0 amide bonds. The van der Waals surface area contributed by atoms with E-state index < -0.39 is 16.6 Å². The summed E-state index contributed by atoms with van der Waals surface area (Å²) in [6.45, 7) is 16.4. The molecule has 0 aliphatic heterocycles. The second-order valence-corrected chi connectivity index (χ2v) is 13.4. The normalized spacial score (nSPS) is 13.5. The van der Waals surface area contributed by atoms with Gasteiger partial charge in [0.2, 0.25) is 38.9 Å². The number of aromatic nitrogens is 1. The van der Waals surface area contributed by atoms with Gasteiger partial charge in [0.25, 0.3) is 16.6 Å². The van der Waals surface area contributed by atoms with Crippen molar-refractivity contribution in [1.29, 1.82) is 0 Å². The average Bonchev–Trinajstić information content (AvgIpc) is 2.84. The minimum Gasteiger partial charge on any atom is -0.623 e. The highest BCUT2D eigenvalue weighted by Gasteiger charge is 2.34. The molecule has 6 aromatic rings. The van der Waals surface area contributed by atoms with Gasteiger partial charge in [0.1, 0.15) is 0 Å². The van der Waals surface area contributed by atoms with Gasteiger partial charge in [-0.1, -0.05) is 10.4 Å². The molecule has 3 heterocycles. The molecule has 6 rings (SSSR count). The first-order chi connectivity index (χ1) is 18.4. The third-order valence-electron chi connectivity index (χ3n) is 6.94. The van der Waals surface area contributed by atoms with Gasteiger partial charge in [-0.3, -0.25) is 0 Å². The van der Waals surface area contributed by atoms with Crippen LogP contribution in [-0.4, -0.2) is 16.6 Å². The summed E-state index contributed by atoms with van der Waals surface area (Å²) in [7, 11) is 0. The van der Waals surface area contributed by atoms with Crippen molar-refractivity contribution in [3.05, 3.63) is 47.0 Å². The van der Waals surface area contributed by atoms with Crippen LogP contribution in [0.15, 0.2) is 49.6 Å². The molecule has 0 bridgehead atoms. The summed E-state index contributed by atoms with van der Waals surface area (Å²) in [5.74, 6) is 0. The van der Waals surface area contributed by atoms with Crippen LogP contribution in [0.4, 0.5) is 11.4 Å². The van der Waals surface area contributed by atoms with E-state index in [1.54, 1.807) is 36.4 Å². The molecule has 0 aliphatic carbocycles. The van der Waals surface area contributed by atoms with Crippen LogP contribution in [0.25, 0.3) is 50.0 Å². The van der Waals surface area contributed by atoms with Crippen molar-refractivity contribution in [3.63, 3.8) is 0 Å². The maximum absolute atomic E-state index is 13.3. The Morgan fingerprint density at radius 2 is 0.900 bits per heavy atom.